The molecule has 1 saturated heterocycles. The maximum absolute atomic E-state index is 12.0. The molecule has 98 valence electrons. The molecule has 1 aliphatic heterocycles. The van der Waals surface area contributed by atoms with Crippen LogP contribution in [-0.2, 0) is 0 Å². The molecule has 0 bridgehead atoms. The van der Waals surface area contributed by atoms with Gasteiger partial charge in [0.05, 0.1) is 10.6 Å². The Morgan fingerprint density at radius 2 is 2.39 bits per heavy atom. The monoisotopic (exact) mass is 330 g/mol. The van der Waals surface area contributed by atoms with Gasteiger partial charge in [0.25, 0.3) is 5.91 Å². The number of benzene rings is 1. The molecule has 1 unspecified atom stereocenters. The molecular formula is C13H16BrClN2O. The third-order valence-electron chi connectivity index (χ3n) is 3.11. The highest BCUT2D eigenvalue weighted by Gasteiger charge is 2.15. The Bertz CT molecular complexity index is 433. The van der Waals surface area contributed by atoms with Crippen molar-refractivity contribution in [1.82, 2.24) is 10.6 Å². The number of carbonyl (C=O) groups is 1. The molecule has 0 spiro atoms. The maximum atomic E-state index is 12.0. The zero-order chi connectivity index (χ0) is 13.0. The molecule has 0 aromatic heterocycles. The normalized spacial score (nSPS) is 18.9. The number of rotatable bonds is 4. The van der Waals surface area contributed by atoms with E-state index in [2.05, 4.69) is 26.6 Å². The molecule has 1 fully saturated rings. The van der Waals surface area contributed by atoms with Crippen LogP contribution in [0, 0.1) is 0 Å². The van der Waals surface area contributed by atoms with Crippen LogP contribution in [-0.4, -0.2) is 25.0 Å². The molecule has 1 amide bonds. The molecule has 5 heteroatoms. The molecule has 2 rings (SSSR count). The minimum atomic E-state index is -0.112. The summed E-state index contributed by atoms with van der Waals surface area (Å²) in [4.78, 5) is 12.0. The first kappa shape index (κ1) is 13.8. The molecule has 1 aliphatic rings. The third-order valence-corrected chi connectivity index (χ3v) is 3.94. The Labute approximate surface area is 120 Å². The van der Waals surface area contributed by atoms with Gasteiger partial charge in [0, 0.05) is 17.1 Å². The summed E-state index contributed by atoms with van der Waals surface area (Å²) in [6.45, 7) is 1.77. The van der Waals surface area contributed by atoms with Crippen LogP contribution in [0.1, 0.15) is 29.6 Å². The van der Waals surface area contributed by atoms with Crippen LogP contribution in [0.2, 0.25) is 5.02 Å². The highest BCUT2D eigenvalue weighted by atomic mass is 79.9. The number of halogens is 2. The summed E-state index contributed by atoms with van der Waals surface area (Å²) in [6, 6.07) is 5.83. The standard InChI is InChI=1S/C13H16BrClN2O/c14-9-3-4-12(15)11(8-9)13(18)17-7-5-10-2-1-6-16-10/h3-4,8,10,16H,1-2,5-7H2,(H,17,18). The zero-order valence-electron chi connectivity index (χ0n) is 10.0. The predicted octanol–water partition coefficient (Wildman–Crippen LogP) is 2.97. The van der Waals surface area contributed by atoms with Crippen LogP contribution < -0.4 is 10.6 Å². The molecule has 0 aliphatic carbocycles. The SMILES string of the molecule is O=C(NCCC1CCCN1)c1cc(Br)ccc1Cl. The van der Waals surface area contributed by atoms with Gasteiger partial charge in [-0.1, -0.05) is 27.5 Å². The minimum absolute atomic E-state index is 0.112. The summed E-state index contributed by atoms with van der Waals surface area (Å²) in [6.07, 6.45) is 3.40. The smallest absolute Gasteiger partial charge is 0.252 e. The molecule has 0 saturated carbocycles. The lowest BCUT2D eigenvalue weighted by Crippen LogP contribution is -2.30. The second-order valence-electron chi connectivity index (χ2n) is 4.46. The summed E-state index contributed by atoms with van der Waals surface area (Å²) < 4.78 is 0.856. The van der Waals surface area contributed by atoms with Gasteiger partial charge in [-0.05, 0) is 44.0 Å². The molecule has 0 radical (unpaired) electrons. The highest BCUT2D eigenvalue weighted by Crippen LogP contribution is 2.20. The second-order valence-corrected chi connectivity index (χ2v) is 5.78. The number of amides is 1. The Kier molecular flexibility index (Phi) is 5.03. The summed E-state index contributed by atoms with van der Waals surface area (Å²) in [5.74, 6) is -0.112. The first-order valence-electron chi connectivity index (χ1n) is 6.13. The molecule has 1 heterocycles. The Morgan fingerprint density at radius 1 is 1.56 bits per heavy atom. The number of carbonyl (C=O) groups excluding carboxylic acids is 1. The van der Waals surface area contributed by atoms with Crippen molar-refractivity contribution in [1.29, 1.82) is 0 Å². The van der Waals surface area contributed by atoms with Crippen molar-refractivity contribution in [3.05, 3.63) is 33.3 Å². The minimum Gasteiger partial charge on any atom is -0.352 e. The van der Waals surface area contributed by atoms with Crippen LogP contribution in [0.15, 0.2) is 22.7 Å². The second kappa shape index (κ2) is 6.55. The van der Waals surface area contributed by atoms with E-state index in [0.717, 1.165) is 17.4 Å². The Hall–Kier alpha value is -0.580. The van der Waals surface area contributed by atoms with Gasteiger partial charge in [0.1, 0.15) is 0 Å². The van der Waals surface area contributed by atoms with Crippen molar-refractivity contribution in [2.24, 2.45) is 0 Å². The van der Waals surface area contributed by atoms with E-state index >= 15 is 0 Å². The molecule has 18 heavy (non-hydrogen) atoms. The zero-order valence-corrected chi connectivity index (χ0v) is 12.4. The van der Waals surface area contributed by atoms with E-state index in [1.807, 2.05) is 6.07 Å². The first-order chi connectivity index (χ1) is 8.66. The van der Waals surface area contributed by atoms with Crippen molar-refractivity contribution >= 4 is 33.4 Å². The van der Waals surface area contributed by atoms with Crippen molar-refractivity contribution in [2.75, 3.05) is 13.1 Å². The van der Waals surface area contributed by atoms with Crippen LogP contribution in [0.25, 0.3) is 0 Å². The van der Waals surface area contributed by atoms with Gasteiger partial charge in [0.15, 0.2) is 0 Å². The van der Waals surface area contributed by atoms with Crippen LogP contribution in [0.3, 0.4) is 0 Å². The molecule has 1 aromatic carbocycles. The number of nitrogens with one attached hydrogen (secondary N) is 2. The van der Waals surface area contributed by atoms with E-state index < -0.39 is 0 Å². The van der Waals surface area contributed by atoms with Crippen molar-refractivity contribution in [3.63, 3.8) is 0 Å². The van der Waals surface area contributed by atoms with E-state index in [-0.39, 0.29) is 5.91 Å². The number of hydrogen-bond donors (Lipinski definition) is 2. The average Bonchev–Trinajstić information content (AvgIpc) is 2.85. The summed E-state index contributed by atoms with van der Waals surface area (Å²) >= 11 is 9.34. The average molecular weight is 332 g/mol. The van der Waals surface area contributed by atoms with E-state index in [4.69, 9.17) is 11.6 Å². The predicted molar refractivity (Wildman–Crippen MR) is 77.1 cm³/mol. The van der Waals surface area contributed by atoms with Gasteiger partial charge in [-0.25, -0.2) is 0 Å². The largest absolute Gasteiger partial charge is 0.352 e. The molecule has 2 N–H and O–H groups in total. The van der Waals surface area contributed by atoms with E-state index in [1.54, 1.807) is 12.1 Å². The van der Waals surface area contributed by atoms with Gasteiger partial charge in [-0.3, -0.25) is 4.79 Å². The van der Waals surface area contributed by atoms with E-state index in [9.17, 15) is 4.79 Å². The summed E-state index contributed by atoms with van der Waals surface area (Å²) in [5, 5.41) is 6.80. The third kappa shape index (κ3) is 3.70. The lowest BCUT2D eigenvalue weighted by Gasteiger charge is -2.11. The van der Waals surface area contributed by atoms with Crippen molar-refractivity contribution in [3.8, 4) is 0 Å². The molecular weight excluding hydrogens is 316 g/mol. The Balaban J connectivity index is 1.85. The van der Waals surface area contributed by atoms with E-state index in [1.165, 1.54) is 12.8 Å². The fourth-order valence-electron chi connectivity index (χ4n) is 2.13. The summed E-state index contributed by atoms with van der Waals surface area (Å²) in [5.41, 5.74) is 0.519. The van der Waals surface area contributed by atoms with Crippen LogP contribution in [0.5, 0.6) is 0 Å². The number of hydrogen-bond acceptors (Lipinski definition) is 2. The lowest BCUT2D eigenvalue weighted by atomic mass is 10.1. The fourth-order valence-corrected chi connectivity index (χ4v) is 2.69. The van der Waals surface area contributed by atoms with Gasteiger partial charge >= 0.3 is 0 Å². The highest BCUT2D eigenvalue weighted by molar-refractivity contribution is 9.10. The fraction of sp³-hybridized carbons (Fsp3) is 0.462. The molecule has 1 atom stereocenters. The van der Waals surface area contributed by atoms with Crippen molar-refractivity contribution < 1.29 is 4.79 Å². The van der Waals surface area contributed by atoms with Crippen molar-refractivity contribution in [2.45, 2.75) is 25.3 Å². The lowest BCUT2D eigenvalue weighted by molar-refractivity contribution is 0.0952. The Morgan fingerprint density at radius 3 is 3.11 bits per heavy atom. The molecule has 3 nitrogen and oxygen atoms in total. The topological polar surface area (TPSA) is 41.1 Å². The van der Waals surface area contributed by atoms with E-state index in [0.29, 0.717) is 23.2 Å². The quantitative estimate of drug-likeness (QED) is 0.890. The molecule has 1 aromatic rings. The summed E-state index contributed by atoms with van der Waals surface area (Å²) in [7, 11) is 0. The van der Waals surface area contributed by atoms with Crippen LogP contribution >= 0.6 is 27.5 Å². The van der Waals surface area contributed by atoms with Gasteiger partial charge < -0.3 is 10.6 Å². The van der Waals surface area contributed by atoms with Crippen LogP contribution in [0.4, 0.5) is 0 Å². The first-order valence-corrected chi connectivity index (χ1v) is 7.30. The van der Waals surface area contributed by atoms with Gasteiger partial charge in [-0.2, -0.15) is 0 Å². The van der Waals surface area contributed by atoms with Gasteiger partial charge in [0.2, 0.25) is 0 Å². The maximum Gasteiger partial charge on any atom is 0.252 e. The van der Waals surface area contributed by atoms with Gasteiger partial charge in [-0.15, -0.1) is 0 Å².